The quantitative estimate of drug-likeness (QED) is 0.0670. The van der Waals surface area contributed by atoms with Gasteiger partial charge in [-0.15, -0.1) is 0 Å². The SMILES string of the molecule is O=C(Oc1cc(OCc2ccccc2)cc(OCc2ccccc2)c1C(=O)OCc1ccccc1)c1ccc(OCc2ccccc2)c(OCc2ccccc2)c1. The van der Waals surface area contributed by atoms with Gasteiger partial charge in [0.05, 0.1) is 5.56 Å². The number of benzene rings is 7. The largest absolute Gasteiger partial charge is 0.489 e. The van der Waals surface area contributed by atoms with E-state index in [0.717, 1.165) is 27.8 Å². The monoisotopic (exact) mass is 756 g/mol. The van der Waals surface area contributed by atoms with Gasteiger partial charge in [-0.2, -0.15) is 0 Å². The van der Waals surface area contributed by atoms with Crippen LogP contribution in [0.3, 0.4) is 0 Å². The molecule has 7 rings (SSSR count). The Morgan fingerprint density at radius 1 is 0.351 bits per heavy atom. The molecule has 7 aromatic carbocycles. The summed E-state index contributed by atoms with van der Waals surface area (Å²) in [7, 11) is 0. The van der Waals surface area contributed by atoms with Crippen LogP contribution in [0.2, 0.25) is 0 Å². The van der Waals surface area contributed by atoms with Crippen LogP contribution in [0.15, 0.2) is 182 Å². The lowest BCUT2D eigenvalue weighted by Gasteiger charge is -2.18. The van der Waals surface area contributed by atoms with Crippen molar-refractivity contribution in [2.45, 2.75) is 33.0 Å². The first-order chi connectivity index (χ1) is 28.1. The van der Waals surface area contributed by atoms with Crippen LogP contribution < -0.4 is 23.7 Å². The van der Waals surface area contributed by atoms with E-state index in [1.54, 1.807) is 24.3 Å². The third kappa shape index (κ3) is 10.9. The fourth-order valence-electron chi connectivity index (χ4n) is 5.81. The zero-order chi connectivity index (χ0) is 39.1. The number of hydrogen-bond donors (Lipinski definition) is 0. The van der Waals surface area contributed by atoms with Crippen LogP contribution in [0.25, 0.3) is 0 Å². The van der Waals surface area contributed by atoms with Gasteiger partial charge in [0.15, 0.2) is 17.2 Å². The molecule has 0 unspecified atom stereocenters. The summed E-state index contributed by atoms with van der Waals surface area (Å²) >= 11 is 0. The van der Waals surface area contributed by atoms with Crippen molar-refractivity contribution < 1.29 is 38.0 Å². The highest BCUT2D eigenvalue weighted by Gasteiger charge is 2.26. The minimum absolute atomic E-state index is 0.00992. The van der Waals surface area contributed by atoms with E-state index in [0.29, 0.717) is 23.9 Å². The van der Waals surface area contributed by atoms with Crippen molar-refractivity contribution in [1.29, 1.82) is 0 Å². The molecule has 0 fully saturated rings. The Balaban J connectivity index is 1.22. The zero-order valence-electron chi connectivity index (χ0n) is 31.1. The molecule has 8 nitrogen and oxygen atoms in total. The molecule has 0 bridgehead atoms. The van der Waals surface area contributed by atoms with E-state index >= 15 is 0 Å². The first-order valence-corrected chi connectivity index (χ1v) is 18.5. The normalized spacial score (nSPS) is 10.6. The summed E-state index contributed by atoms with van der Waals surface area (Å²) in [5.74, 6) is -0.343. The zero-order valence-corrected chi connectivity index (χ0v) is 31.1. The Hall–Kier alpha value is -7.32. The maximum absolute atomic E-state index is 14.1. The maximum atomic E-state index is 14.1. The molecule has 0 aromatic heterocycles. The molecule has 0 aliphatic heterocycles. The smallest absolute Gasteiger partial charge is 0.346 e. The van der Waals surface area contributed by atoms with Gasteiger partial charge in [-0.25, -0.2) is 9.59 Å². The average molecular weight is 757 g/mol. The van der Waals surface area contributed by atoms with E-state index < -0.39 is 11.9 Å². The molecule has 0 radical (unpaired) electrons. The number of hydrogen-bond acceptors (Lipinski definition) is 8. The van der Waals surface area contributed by atoms with Gasteiger partial charge in [-0.1, -0.05) is 152 Å². The standard InChI is InChI=1S/C49H40O8/c50-48(41-26-27-43(53-32-37-18-8-2-9-19-37)44(28-41)54-33-38-20-10-3-11-21-38)57-46-30-42(52-31-36-16-6-1-7-17-36)29-45(55-34-39-22-12-4-13-23-39)47(46)49(51)56-35-40-24-14-5-15-25-40/h1-30H,31-35H2. The Morgan fingerprint density at radius 2 is 0.754 bits per heavy atom. The minimum Gasteiger partial charge on any atom is -0.489 e. The minimum atomic E-state index is -0.750. The van der Waals surface area contributed by atoms with E-state index in [1.165, 1.54) is 6.07 Å². The number of esters is 2. The Labute approximate surface area is 331 Å². The molecule has 284 valence electrons. The van der Waals surface area contributed by atoms with Gasteiger partial charge in [0.1, 0.15) is 50.1 Å². The molecule has 0 atom stereocenters. The molecule has 0 N–H and O–H groups in total. The van der Waals surface area contributed by atoms with Crippen molar-refractivity contribution in [2.24, 2.45) is 0 Å². The lowest BCUT2D eigenvalue weighted by atomic mass is 10.1. The van der Waals surface area contributed by atoms with Gasteiger partial charge >= 0.3 is 11.9 Å². The van der Waals surface area contributed by atoms with Crippen molar-refractivity contribution in [1.82, 2.24) is 0 Å². The van der Waals surface area contributed by atoms with Crippen LogP contribution in [0.1, 0.15) is 48.5 Å². The molecule has 7 aromatic rings. The van der Waals surface area contributed by atoms with E-state index in [2.05, 4.69) is 0 Å². The van der Waals surface area contributed by atoms with Crippen molar-refractivity contribution in [3.05, 3.63) is 221 Å². The lowest BCUT2D eigenvalue weighted by molar-refractivity contribution is 0.0462. The summed E-state index contributed by atoms with van der Waals surface area (Å²) in [4.78, 5) is 28.1. The first-order valence-electron chi connectivity index (χ1n) is 18.5. The summed E-state index contributed by atoms with van der Waals surface area (Å²) in [6.45, 7) is 0.867. The molecule has 0 amide bonds. The van der Waals surface area contributed by atoms with Crippen LogP contribution >= 0.6 is 0 Å². The molecule has 0 saturated carbocycles. The fraction of sp³-hybridized carbons (Fsp3) is 0.102. The second kappa shape index (κ2) is 19.3. The number of carbonyl (C=O) groups excluding carboxylic acids is 2. The van der Waals surface area contributed by atoms with Gasteiger partial charge in [-0.05, 0) is 46.0 Å². The van der Waals surface area contributed by atoms with Crippen molar-refractivity contribution >= 4 is 11.9 Å². The number of ether oxygens (including phenoxy) is 6. The Morgan fingerprint density at radius 3 is 1.25 bits per heavy atom. The number of rotatable bonds is 17. The van der Waals surface area contributed by atoms with Crippen LogP contribution in [-0.2, 0) is 37.8 Å². The molecule has 0 aliphatic rings. The maximum Gasteiger partial charge on any atom is 0.346 e. The van der Waals surface area contributed by atoms with Crippen LogP contribution in [0.5, 0.6) is 28.7 Å². The van der Waals surface area contributed by atoms with E-state index in [9.17, 15) is 9.59 Å². The number of carbonyl (C=O) groups is 2. The fourth-order valence-corrected chi connectivity index (χ4v) is 5.81. The van der Waals surface area contributed by atoms with Crippen molar-refractivity contribution in [2.75, 3.05) is 0 Å². The second-order valence-corrected chi connectivity index (χ2v) is 13.0. The molecule has 0 heterocycles. The average Bonchev–Trinajstić information content (AvgIpc) is 3.27. The van der Waals surface area contributed by atoms with Crippen LogP contribution in [0.4, 0.5) is 0 Å². The van der Waals surface area contributed by atoms with Crippen LogP contribution in [-0.4, -0.2) is 11.9 Å². The summed E-state index contributed by atoms with van der Waals surface area (Å²) in [6.07, 6.45) is 0. The van der Waals surface area contributed by atoms with Gasteiger partial charge in [0.25, 0.3) is 0 Å². The van der Waals surface area contributed by atoms with E-state index in [-0.39, 0.29) is 49.1 Å². The second-order valence-electron chi connectivity index (χ2n) is 13.0. The summed E-state index contributed by atoms with van der Waals surface area (Å²) < 4.78 is 36.7. The highest BCUT2D eigenvalue weighted by atomic mass is 16.6. The van der Waals surface area contributed by atoms with Crippen molar-refractivity contribution in [3.63, 3.8) is 0 Å². The third-order valence-corrected chi connectivity index (χ3v) is 8.80. The molecular formula is C49H40O8. The highest BCUT2D eigenvalue weighted by Crippen LogP contribution is 2.37. The lowest BCUT2D eigenvalue weighted by Crippen LogP contribution is -2.15. The summed E-state index contributed by atoms with van der Waals surface area (Å²) in [5.41, 5.74) is 4.59. The Kier molecular flexibility index (Phi) is 12.9. The molecular weight excluding hydrogens is 717 g/mol. The van der Waals surface area contributed by atoms with Crippen molar-refractivity contribution in [3.8, 4) is 28.7 Å². The highest BCUT2D eigenvalue weighted by molar-refractivity contribution is 5.99. The van der Waals surface area contributed by atoms with E-state index in [4.69, 9.17) is 28.4 Å². The topological polar surface area (TPSA) is 89.5 Å². The van der Waals surface area contributed by atoms with Gasteiger partial charge in [0, 0.05) is 12.1 Å². The van der Waals surface area contributed by atoms with Gasteiger partial charge < -0.3 is 28.4 Å². The van der Waals surface area contributed by atoms with Gasteiger partial charge in [-0.3, -0.25) is 0 Å². The molecule has 0 spiro atoms. The van der Waals surface area contributed by atoms with E-state index in [1.807, 2.05) is 152 Å². The first kappa shape index (κ1) is 38.0. The van der Waals surface area contributed by atoms with Crippen LogP contribution in [0, 0.1) is 0 Å². The molecule has 0 aliphatic carbocycles. The molecule has 8 heteroatoms. The molecule has 0 saturated heterocycles. The summed E-state index contributed by atoms with van der Waals surface area (Å²) in [5, 5.41) is 0. The predicted molar refractivity (Wildman–Crippen MR) is 216 cm³/mol. The molecule has 57 heavy (non-hydrogen) atoms. The van der Waals surface area contributed by atoms with Gasteiger partial charge in [0.2, 0.25) is 0 Å². The predicted octanol–water partition coefficient (Wildman–Crippen LogP) is 10.6. The Bertz CT molecular complexity index is 2350. The third-order valence-electron chi connectivity index (χ3n) is 8.80. The summed E-state index contributed by atoms with van der Waals surface area (Å²) in [6, 6.07) is 55.9.